The molecule has 2 atom stereocenters. The summed E-state index contributed by atoms with van der Waals surface area (Å²) in [6.07, 6.45) is -0.523. The summed E-state index contributed by atoms with van der Waals surface area (Å²) in [4.78, 5) is 5.37. The SMILES string of the molecule is c1ccc(C2=NC(n3c4ccccc4c4cc5c(cc43)c3ccc4oc6ccccc6c4c3n5-c3ccccc3)NC(c3ccccc3)N2)cc1. The first-order valence-corrected chi connectivity index (χ1v) is 17.4. The van der Waals surface area contributed by atoms with Gasteiger partial charge in [0, 0.05) is 38.2 Å². The van der Waals surface area contributed by atoms with Gasteiger partial charge < -0.3 is 18.9 Å². The van der Waals surface area contributed by atoms with E-state index in [1.807, 2.05) is 12.1 Å². The van der Waals surface area contributed by atoms with Crippen LogP contribution in [0.15, 0.2) is 173 Å². The second-order valence-electron chi connectivity index (χ2n) is 13.2. The molecule has 2 N–H and O–H groups in total. The zero-order valence-corrected chi connectivity index (χ0v) is 27.5. The molecule has 0 fully saturated rings. The molecule has 0 saturated carbocycles. The molecule has 0 amide bonds. The molecule has 0 saturated heterocycles. The van der Waals surface area contributed by atoms with E-state index in [0.29, 0.717) is 0 Å². The fourth-order valence-electron chi connectivity index (χ4n) is 8.15. The van der Waals surface area contributed by atoms with E-state index in [1.165, 1.54) is 21.5 Å². The number of furan rings is 1. The molecule has 1 aliphatic rings. The Balaban J connectivity index is 1.24. The van der Waals surface area contributed by atoms with Gasteiger partial charge in [-0.15, -0.1) is 0 Å². The topological polar surface area (TPSA) is 59.4 Å². The Morgan fingerprint density at radius 1 is 0.529 bits per heavy atom. The lowest BCUT2D eigenvalue weighted by atomic mass is 10.1. The Morgan fingerprint density at radius 2 is 1.20 bits per heavy atom. The Labute approximate surface area is 292 Å². The van der Waals surface area contributed by atoms with Gasteiger partial charge in [0.2, 0.25) is 0 Å². The average Bonchev–Trinajstić information content (AvgIpc) is 3.85. The van der Waals surface area contributed by atoms with Crippen LogP contribution in [0, 0.1) is 0 Å². The predicted octanol–water partition coefficient (Wildman–Crippen LogP) is 10.6. The van der Waals surface area contributed by atoms with Gasteiger partial charge >= 0.3 is 0 Å². The van der Waals surface area contributed by atoms with Crippen LogP contribution in [-0.4, -0.2) is 15.0 Å². The van der Waals surface area contributed by atoms with Crippen molar-refractivity contribution < 1.29 is 4.42 Å². The number of aliphatic imine (C=N–C) groups is 1. The van der Waals surface area contributed by atoms with E-state index in [9.17, 15) is 0 Å². The molecule has 3 aromatic heterocycles. The molecule has 0 aliphatic carbocycles. The lowest BCUT2D eigenvalue weighted by Gasteiger charge is -2.33. The minimum Gasteiger partial charge on any atom is -0.456 e. The first kappa shape index (κ1) is 28.2. The summed E-state index contributed by atoms with van der Waals surface area (Å²) in [5, 5.41) is 14.5. The molecule has 0 radical (unpaired) electrons. The number of para-hydroxylation sites is 3. The van der Waals surface area contributed by atoms with Crippen LogP contribution in [0.25, 0.3) is 71.2 Å². The Bertz CT molecular complexity index is 2970. The molecule has 4 heterocycles. The quantitative estimate of drug-likeness (QED) is 0.198. The third-order valence-corrected chi connectivity index (χ3v) is 10.4. The highest BCUT2D eigenvalue weighted by Crippen LogP contribution is 2.44. The lowest BCUT2D eigenvalue weighted by Crippen LogP contribution is -2.46. The van der Waals surface area contributed by atoms with Gasteiger partial charge in [-0.2, -0.15) is 0 Å². The average molecular weight is 658 g/mol. The number of hydrogen-bond acceptors (Lipinski definition) is 4. The smallest absolute Gasteiger partial charge is 0.184 e. The van der Waals surface area contributed by atoms with Crippen molar-refractivity contribution in [2.45, 2.75) is 12.5 Å². The molecule has 6 heteroatoms. The summed E-state index contributed by atoms with van der Waals surface area (Å²) in [6.45, 7) is 0. The van der Waals surface area contributed by atoms with Gasteiger partial charge in [0.1, 0.15) is 23.2 Å². The molecule has 6 nitrogen and oxygen atoms in total. The number of rotatable bonds is 4. The van der Waals surface area contributed by atoms with Crippen molar-refractivity contribution in [3.05, 3.63) is 175 Å². The Hall–Kier alpha value is -6.63. The minimum atomic E-state index is -0.376. The van der Waals surface area contributed by atoms with E-state index in [4.69, 9.17) is 9.41 Å². The van der Waals surface area contributed by atoms with Crippen molar-refractivity contribution >= 4 is 71.4 Å². The standard InChI is InChI=1S/C45H31N5O/c1-4-14-28(15-5-1)43-46-44(29-16-6-2-7-17-29)48-45(47-43)50-36-22-12-10-20-31(36)34-26-37-35(27-38(34)50)32-24-25-40-41(33-21-11-13-23-39(33)51-40)42(32)49(37)30-18-8-3-9-19-30/h1-27,43,45,47H,(H,46,48). The van der Waals surface area contributed by atoms with Crippen molar-refractivity contribution in [3.63, 3.8) is 0 Å². The fraction of sp³-hybridized carbons (Fsp3) is 0.0444. The van der Waals surface area contributed by atoms with Crippen molar-refractivity contribution in [3.8, 4) is 5.69 Å². The summed E-state index contributed by atoms with van der Waals surface area (Å²) >= 11 is 0. The zero-order valence-electron chi connectivity index (χ0n) is 27.5. The largest absolute Gasteiger partial charge is 0.456 e. The van der Waals surface area contributed by atoms with Gasteiger partial charge in [-0.1, -0.05) is 115 Å². The van der Waals surface area contributed by atoms with Crippen LogP contribution in [0.3, 0.4) is 0 Å². The van der Waals surface area contributed by atoms with Gasteiger partial charge in [0.25, 0.3) is 0 Å². The van der Waals surface area contributed by atoms with Gasteiger partial charge in [-0.3, -0.25) is 5.32 Å². The Morgan fingerprint density at radius 3 is 2.02 bits per heavy atom. The van der Waals surface area contributed by atoms with Crippen LogP contribution >= 0.6 is 0 Å². The van der Waals surface area contributed by atoms with Crippen molar-refractivity contribution in [2.24, 2.45) is 4.99 Å². The monoisotopic (exact) mass is 657 g/mol. The highest BCUT2D eigenvalue weighted by molar-refractivity contribution is 6.26. The third kappa shape index (κ3) is 4.24. The van der Waals surface area contributed by atoms with Crippen LogP contribution in [-0.2, 0) is 0 Å². The van der Waals surface area contributed by atoms with E-state index in [0.717, 1.165) is 66.7 Å². The maximum Gasteiger partial charge on any atom is 0.184 e. The number of amidine groups is 1. The lowest BCUT2D eigenvalue weighted by molar-refractivity contribution is 0.341. The second-order valence-corrected chi connectivity index (χ2v) is 13.2. The third-order valence-electron chi connectivity index (χ3n) is 10.4. The molecule has 11 rings (SSSR count). The number of benzene rings is 7. The van der Waals surface area contributed by atoms with Crippen LogP contribution in [0.1, 0.15) is 23.6 Å². The summed E-state index contributed by atoms with van der Waals surface area (Å²) in [5.74, 6) is 0.857. The highest BCUT2D eigenvalue weighted by Gasteiger charge is 2.29. The van der Waals surface area contributed by atoms with Gasteiger partial charge in [-0.25, -0.2) is 4.99 Å². The number of nitrogens with one attached hydrogen (secondary N) is 2. The maximum absolute atomic E-state index is 6.41. The molecule has 0 bridgehead atoms. The number of nitrogens with zero attached hydrogens (tertiary/aromatic N) is 3. The van der Waals surface area contributed by atoms with E-state index >= 15 is 0 Å². The van der Waals surface area contributed by atoms with Crippen LogP contribution in [0.4, 0.5) is 0 Å². The molecule has 0 spiro atoms. The zero-order chi connectivity index (χ0) is 33.5. The first-order chi connectivity index (χ1) is 25.3. The van der Waals surface area contributed by atoms with Crippen LogP contribution in [0.2, 0.25) is 0 Å². The van der Waals surface area contributed by atoms with Crippen molar-refractivity contribution in [1.82, 2.24) is 19.8 Å². The Kier molecular flexibility index (Phi) is 6.05. The molecular weight excluding hydrogens is 627 g/mol. The predicted molar refractivity (Wildman–Crippen MR) is 209 cm³/mol. The fourth-order valence-corrected chi connectivity index (χ4v) is 8.15. The number of hydrogen-bond donors (Lipinski definition) is 2. The van der Waals surface area contributed by atoms with E-state index in [2.05, 4.69) is 171 Å². The first-order valence-electron chi connectivity index (χ1n) is 17.4. The molecule has 1 aliphatic heterocycles. The molecular formula is C45H31N5O. The molecule has 51 heavy (non-hydrogen) atoms. The van der Waals surface area contributed by atoms with Crippen LogP contribution < -0.4 is 10.6 Å². The number of aromatic nitrogens is 2. The highest BCUT2D eigenvalue weighted by atomic mass is 16.3. The summed E-state index contributed by atoms with van der Waals surface area (Å²) < 4.78 is 11.2. The normalized spacial score (nSPS) is 16.4. The molecule has 7 aromatic carbocycles. The van der Waals surface area contributed by atoms with E-state index in [1.54, 1.807) is 0 Å². The maximum atomic E-state index is 6.41. The number of fused-ring (bicyclic) bond motifs is 10. The molecule has 10 aromatic rings. The van der Waals surface area contributed by atoms with Gasteiger partial charge in [0.15, 0.2) is 6.29 Å². The van der Waals surface area contributed by atoms with Gasteiger partial charge in [-0.05, 0) is 54.1 Å². The second kappa shape index (κ2) is 10.9. The minimum absolute atomic E-state index is 0.147. The molecule has 2 unspecified atom stereocenters. The van der Waals surface area contributed by atoms with Gasteiger partial charge in [0.05, 0.1) is 27.5 Å². The van der Waals surface area contributed by atoms with Crippen molar-refractivity contribution in [1.29, 1.82) is 0 Å². The van der Waals surface area contributed by atoms with Crippen LogP contribution in [0.5, 0.6) is 0 Å². The summed E-state index contributed by atoms with van der Waals surface area (Å²) in [7, 11) is 0. The van der Waals surface area contributed by atoms with Crippen molar-refractivity contribution in [2.75, 3.05) is 0 Å². The summed E-state index contributed by atoms with van der Waals surface area (Å²) in [5.41, 5.74) is 9.64. The summed E-state index contributed by atoms with van der Waals surface area (Å²) in [6, 6.07) is 57.8. The van der Waals surface area contributed by atoms with E-state index < -0.39 is 0 Å². The van der Waals surface area contributed by atoms with E-state index in [-0.39, 0.29) is 12.5 Å². The molecule has 242 valence electrons.